The number of hydrogen-bond acceptors (Lipinski definition) is 17. The third-order valence-corrected chi connectivity index (χ3v) is 7.50. The van der Waals surface area contributed by atoms with Gasteiger partial charge in [0.15, 0.2) is 0 Å². The summed E-state index contributed by atoms with van der Waals surface area (Å²) in [6.07, 6.45) is -3.65. The van der Waals surface area contributed by atoms with Crippen LogP contribution in [-0.2, 0) is 62.3 Å². The lowest BCUT2D eigenvalue weighted by Crippen LogP contribution is -2.62. The van der Waals surface area contributed by atoms with Gasteiger partial charge in [-0.25, -0.2) is 0 Å². The van der Waals surface area contributed by atoms with Gasteiger partial charge in [0.1, 0.15) is 48.3 Å². The molecule has 8 atom stereocenters. The first-order chi connectivity index (χ1) is 27.9. The molecule has 60 heavy (non-hydrogen) atoms. The molecule has 0 aliphatic carbocycles. The Bertz CT molecular complexity index is 1650. The molecule has 0 rings (SSSR count). The van der Waals surface area contributed by atoms with E-state index in [1.54, 1.807) is 0 Å². The molecule has 0 radical (unpaired) electrons. The van der Waals surface area contributed by atoms with Gasteiger partial charge in [-0.2, -0.15) is 0 Å². The van der Waals surface area contributed by atoms with Crippen molar-refractivity contribution in [3.63, 3.8) is 0 Å². The maximum Gasteiger partial charge on any atom is 0.245 e. The standard InChI is InChI=1S/C30H49N13O17/c1-10(48)36-11(2-19(31)49)24(54)41-16(7-45)28(58)38-13(4-21(33)51)26(56)43-18(9-47)30(60)39-14(5-22(34)52)27(57)42-17(8-46)29(59)37-12(3-20(32)50)25(55)40-15(6-44)23(35)53/h11-18,44-47H,2-9H2,1H3,(H2,31,49)(H2,32,50)(H2,33,51)(H2,34,52)(H2,35,53)(H,36,48)(H,37,59)(H,38,58)(H,39,60)(H,40,55)(H,41,54)(H,42,57)(H,43,56). The fourth-order valence-corrected chi connectivity index (χ4v) is 4.58. The summed E-state index contributed by atoms with van der Waals surface area (Å²) in [7, 11) is 0. The van der Waals surface area contributed by atoms with E-state index in [4.69, 9.17) is 28.7 Å². The first-order valence-corrected chi connectivity index (χ1v) is 17.2. The predicted molar refractivity (Wildman–Crippen MR) is 194 cm³/mol. The number of aliphatic hydroxyl groups is 4. The highest BCUT2D eigenvalue weighted by Crippen LogP contribution is 2.02. The Hall–Kier alpha value is -7.05. The summed E-state index contributed by atoms with van der Waals surface area (Å²) in [5, 5.41) is 54.5. The molecule has 0 saturated carbocycles. The highest BCUT2D eigenvalue weighted by Gasteiger charge is 2.35. The van der Waals surface area contributed by atoms with Crippen LogP contribution >= 0.6 is 0 Å². The maximum absolute atomic E-state index is 13.1. The van der Waals surface area contributed by atoms with Gasteiger partial charge in [-0.3, -0.25) is 62.3 Å². The van der Waals surface area contributed by atoms with Crippen LogP contribution in [0, 0.1) is 0 Å². The Kier molecular flexibility index (Phi) is 23.0. The molecule has 0 aromatic carbocycles. The fourth-order valence-electron chi connectivity index (χ4n) is 4.58. The van der Waals surface area contributed by atoms with E-state index in [1.165, 1.54) is 0 Å². The molecule has 22 N–H and O–H groups in total. The number of carbonyl (C=O) groups excluding carboxylic acids is 13. The van der Waals surface area contributed by atoms with Crippen LogP contribution < -0.4 is 71.2 Å². The largest absolute Gasteiger partial charge is 0.394 e. The molecule has 0 aliphatic rings. The van der Waals surface area contributed by atoms with E-state index in [0.717, 1.165) is 6.92 Å². The molecule has 13 amide bonds. The van der Waals surface area contributed by atoms with E-state index in [1.807, 2.05) is 37.2 Å². The average Bonchev–Trinajstić information content (AvgIpc) is 3.14. The molecule has 0 aliphatic heterocycles. The van der Waals surface area contributed by atoms with Crippen molar-refractivity contribution in [1.29, 1.82) is 0 Å². The number of rotatable bonds is 28. The minimum atomic E-state index is -2.05. The molecule has 0 bridgehead atoms. The Morgan fingerprint density at radius 1 is 0.333 bits per heavy atom. The van der Waals surface area contributed by atoms with Crippen molar-refractivity contribution < 1.29 is 82.8 Å². The second kappa shape index (κ2) is 26.1. The van der Waals surface area contributed by atoms with Crippen molar-refractivity contribution in [3.05, 3.63) is 0 Å². The number of nitrogens with one attached hydrogen (secondary N) is 8. The number of carbonyl (C=O) groups is 13. The van der Waals surface area contributed by atoms with Gasteiger partial charge < -0.3 is 91.6 Å². The minimum Gasteiger partial charge on any atom is -0.394 e. The molecule has 0 aromatic rings. The second-order valence-electron chi connectivity index (χ2n) is 12.5. The topological polar surface area (TPSA) is 529 Å². The highest BCUT2D eigenvalue weighted by molar-refractivity contribution is 6.00. The van der Waals surface area contributed by atoms with Crippen LogP contribution in [0.1, 0.15) is 32.6 Å². The van der Waals surface area contributed by atoms with Crippen molar-refractivity contribution in [2.24, 2.45) is 28.7 Å². The molecule has 8 unspecified atom stereocenters. The van der Waals surface area contributed by atoms with Gasteiger partial charge >= 0.3 is 0 Å². The SMILES string of the molecule is CC(=O)NC(CC(N)=O)C(=O)NC(CO)C(=O)NC(CC(N)=O)C(=O)NC(CO)C(=O)NC(CC(N)=O)C(=O)NC(CO)C(=O)NC(CC(N)=O)C(=O)NC(CO)C(N)=O. The van der Waals surface area contributed by atoms with Gasteiger partial charge in [0.25, 0.3) is 0 Å². The van der Waals surface area contributed by atoms with Crippen LogP contribution in [0.4, 0.5) is 0 Å². The van der Waals surface area contributed by atoms with E-state index in [9.17, 15) is 82.8 Å². The number of hydrogen-bond donors (Lipinski definition) is 17. The molecule has 0 fully saturated rings. The van der Waals surface area contributed by atoms with Crippen LogP contribution in [0.2, 0.25) is 0 Å². The summed E-state index contributed by atoms with van der Waals surface area (Å²) in [6.45, 7) is -3.64. The van der Waals surface area contributed by atoms with E-state index >= 15 is 0 Å². The predicted octanol–water partition coefficient (Wildman–Crippen LogP) is -13.2. The molecular weight excluding hydrogens is 814 g/mol. The molecule has 0 spiro atoms. The van der Waals surface area contributed by atoms with Gasteiger partial charge in [0, 0.05) is 6.92 Å². The van der Waals surface area contributed by atoms with Crippen LogP contribution in [-0.4, -0.2) is 172 Å². The Morgan fingerprint density at radius 2 is 0.517 bits per heavy atom. The third-order valence-electron chi connectivity index (χ3n) is 7.50. The van der Waals surface area contributed by atoms with E-state index < -0.39 is 177 Å². The van der Waals surface area contributed by atoms with Crippen LogP contribution in [0.3, 0.4) is 0 Å². The lowest BCUT2D eigenvalue weighted by Gasteiger charge is -2.26. The lowest BCUT2D eigenvalue weighted by atomic mass is 10.1. The van der Waals surface area contributed by atoms with E-state index in [0.29, 0.717) is 0 Å². The Labute approximate surface area is 338 Å². The van der Waals surface area contributed by atoms with Gasteiger partial charge in [-0.1, -0.05) is 0 Å². The number of primary amides is 5. The van der Waals surface area contributed by atoms with Crippen LogP contribution in [0.5, 0.6) is 0 Å². The molecule has 0 heterocycles. The van der Waals surface area contributed by atoms with Crippen LogP contribution in [0.15, 0.2) is 0 Å². The van der Waals surface area contributed by atoms with Gasteiger partial charge in [-0.15, -0.1) is 0 Å². The smallest absolute Gasteiger partial charge is 0.245 e. The zero-order chi connectivity index (χ0) is 46.4. The highest BCUT2D eigenvalue weighted by atomic mass is 16.3. The van der Waals surface area contributed by atoms with Crippen LogP contribution in [0.25, 0.3) is 0 Å². The summed E-state index contributed by atoms with van der Waals surface area (Å²) >= 11 is 0. The van der Waals surface area contributed by atoms with Gasteiger partial charge in [0.2, 0.25) is 76.8 Å². The zero-order valence-corrected chi connectivity index (χ0v) is 31.8. The van der Waals surface area contributed by atoms with Crippen molar-refractivity contribution in [2.75, 3.05) is 26.4 Å². The zero-order valence-electron chi connectivity index (χ0n) is 31.8. The van der Waals surface area contributed by atoms with Gasteiger partial charge in [-0.05, 0) is 0 Å². The van der Waals surface area contributed by atoms with E-state index in [-0.39, 0.29) is 0 Å². The molecule has 0 saturated heterocycles. The fraction of sp³-hybridized carbons (Fsp3) is 0.567. The first-order valence-electron chi connectivity index (χ1n) is 17.2. The summed E-state index contributed by atoms with van der Waals surface area (Å²) in [4.78, 5) is 160. The monoisotopic (exact) mass is 863 g/mol. The lowest BCUT2D eigenvalue weighted by molar-refractivity contribution is -0.138. The third kappa shape index (κ3) is 19.4. The summed E-state index contributed by atoms with van der Waals surface area (Å²) < 4.78 is 0. The summed E-state index contributed by atoms with van der Waals surface area (Å²) in [5.41, 5.74) is 25.5. The maximum atomic E-state index is 13.1. The van der Waals surface area contributed by atoms with Crippen molar-refractivity contribution in [3.8, 4) is 0 Å². The summed E-state index contributed by atoms with van der Waals surface area (Å²) in [6, 6.07) is -15.1. The summed E-state index contributed by atoms with van der Waals surface area (Å²) in [5.74, 6) is -16.1. The van der Waals surface area contributed by atoms with Gasteiger partial charge in [0.05, 0.1) is 52.1 Å². The Morgan fingerprint density at radius 3 is 0.700 bits per heavy atom. The molecule has 0 aromatic heterocycles. The Balaban J connectivity index is 6.09. The second-order valence-corrected chi connectivity index (χ2v) is 12.5. The van der Waals surface area contributed by atoms with Crippen molar-refractivity contribution in [2.45, 2.75) is 80.9 Å². The quantitative estimate of drug-likeness (QED) is 0.0347. The minimum absolute atomic E-state index is 0.728. The molecule has 30 heteroatoms. The van der Waals surface area contributed by atoms with Crippen molar-refractivity contribution in [1.82, 2.24) is 42.5 Å². The number of aliphatic hydroxyl groups excluding tert-OH is 4. The average molecular weight is 864 g/mol. The molecule has 30 nitrogen and oxygen atoms in total. The number of amides is 13. The normalized spacial score (nSPS) is 14.6. The molecular formula is C30H49N13O17. The first kappa shape index (κ1) is 52.9. The van der Waals surface area contributed by atoms with Crippen molar-refractivity contribution >= 4 is 76.8 Å². The number of nitrogens with two attached hydrogens (primary N) is 5. The van der Waals surface area contributed by atoms with E-state index in [2.05, 4.69) is 5.32 Å². The molecule has 336 valence electrons.